The van der Waals surface area contributed by atoms with Gasteiger partial charge in [0.1, 0.15) is 0 Å². The zero-order chi connectivity index (χ0) is 11.4. The Labute approximate surface area is 108 Å². The molecule has 0 spiro atoms. The van der Waals surface area contributed by atoms with E-state index in [4.69, 9.17) is 5.84 Å². The molecule has 0 aromatic heterocycles. The molecule has 1 aromatic carbocycles. The van der Waals surface area contributed by atoms with E-state index in [0.29, 0.717) is 6.54 Å². The van der Waals surface area contributed by atoms with Gasteiger partial charge < -0.3 is 0 Å². The highest BCUT2D eigenvalue weighted by molar-refractivity contribution is 5.85. The van der Waals surface area contributed by atoms with E-state index in [1.165, 1.54) is 5.01 Å². The molecule has 0 saturated heterocycles. The topological polar surface area (TPSA) is 46.3 Å². The highest BCUT2D eigenvalue weighted by Crippen LogP contribution is 2.26. The molecular weight excluding hydrogens is 236 g/mol. The minimum Gasteiger partial charge on any atom is -0.276 e. The summed E-state index contributed by atoms with van der Waals surface area (Å²) in [6, 6.07) is 9.86. The Morgan fingerprint density at radius 3 is 2.41 bits per heavy atom. The fourth-order valence-electron chi connectivity index (χ4n) is 2.27. The molecule has 2 N–H and O–H groups in total. The fraction of sp³-hybridized carbons (Fsp3) is 0.462. The first-order valence-electron chi connectivity index (χ1n) is 5.87. The number of carbonyl (C=O) groups is 1. The van der Waals surface area contributed by atoms with Crippen LogP contribution in [0.1, 0.15) is 31.2 Å². The third kappa shape index (κ3) is 3.72. The maximum absolute atomic E-state index is 12.0. The molecule has 1 aliphatic rings. The number of nitrogens with two attached hydrogens (primary N) is 1. The first-order chi connectivity index (χ1) is 7.77. The molecule has 1 fully saturated rings. The van der Waals surface area contributed by atoms with Crippen LogP contribution in [0.4, 0.5) is 0 Å². The first kappa shape index (κ1) is 14.0. The Balaban J connectivity index is 0.00000144. The Morgan fingerprint density at radius 1 is 1.24 bits per heavy atom. The van der Waals surface area contributed by atoms with Crippen molar-refractivity contribution in [3.8, 4) is 0 Å². The lowest BCUT2D eigenvalue weighted by atomic mass is 10.1. The molecule has 94 valence electrons. The van der Waals surface area contributed by atoms with Gasteiger partial charge in [0, 0.05) is 5.92 Å². The standard InChI is InChI=1S/C13H18N2O.ClH/c14-15(10-11-6-2-1-3-7-11)13(16)12-8-4-5-9-12;/h1-3,6-7,12H,4-5,8-10,14H2;1H. The average Bonchev–Trinajstić information content (AvgIpc) is 2.83. The van der Waals surface area contributed by atoms with Gasteiger partial charge in [0.25, 0.3) is 0 Å². The number of hydrazine groups is 1. The SMILES string of the molecule is Cl.NN(Cc1ccccc1)C(=O)C1CCCC1. The number of amides is 1. The van der Waals surface area contributed by atoms with Gasteiger partial charge in [-0.05, 0) is 18.4 Å². The van der Waals surface area contributed by atoms with E-state index in [2.05, 4.69) is 0 Å². The first-order valence-corrected chi connectivity index (χ1v) is 5.87. The van der Waals surface area contributed by atoms with Crippen LogP contribution in [0, 0.1) is 5.92 Å². The molecule has 1 amide bonds. The van der Waals surface area contributed by atoms with E-state index < -0.39 is 0 Å². The summed E-state index contributed by atoms with van der Waals surface area (Å²) in [7, 11) is 0. The quantitative estimate of drug-likeness (QED) is 0.512. The molecule has 17 heavy (non-hydrogen) atoms. The van der Waals surface area contributed by atoms with Gasteiger partial charge in [-0.2, -0.15) is 0 Å². The second-order valence-electron chi connectivity index (χ2n) is 4.43. The van der Waals surface area contributed by atoms with Gasteiger partial charge in [-0.3, -0.25) is 9.80 Å². The zero-order valence-corrected chi connectivity index (χ0v) is 10.7. The van der Waals surface area contributed by atoms with Crippen molar-refractivity contribution in [3.05, 3.63) is 35.9 Å². The summed E-state index contributed by atoms with van der Waals surface area (Å²) in [5.74, 6) is 6.07. The van der Waals surface area contributed by atoms with Gasteiger partial charge in [0.2, 0.25) is 5.91 Å². The molecule has 0 atom stereocenters. The molecule has 0 bridgehead atoms. The van der Waals surface area contributed by atoms with E-state index >= 15 is 0 Å². The van der Waals surface area contributed by atoms with Crippen molar-refractivity contribution in [1.29, 1.82) is 0 Å². The highest BCUT2D eigenvalue weighted by atomic mass is 35.5. The molecule has 4 heteroatoms. The van der Waals surface area contributed by atoms with E-state index in [-0.39, 0.29) is 24.2 Å². The summed E-state index contributed by atoms with van der Waals surface area (Å²) in [5, 5.41) is 1.37. The Kier molecular flexibility index (Phi) is 5.45. The molecule has 0 unspecified atom stereocenters. The Morgan fingerprint density at radius 2 is 1.82 bits per heavy atom. The number of halogens is 1. The number of rotatable bonds is 3. The summed E-state index contributed by atoms with van der Waals surface area (Å²) in [4.78, 5) is 12.0. The summed E-state index contributed by atoms with van der Waals surface area (Å²) < 4.78 is 0. The molecular formula is C13H19ClN2O. The number of hydrogen-bond donors (Lipinski definition) is 1. The van der Waals surface area contributed by atoms with E-state index in [9.17, 15) is 4.79 Å². The van der Waals surface area contributed by atoms with Crippen LogP contribution in [0.3, 0.4) is 0 Å². The van der Waals surface area contributed by atoms with Gasteiger partial charge in [-0.15, -0.1) is 12.4 Å². The maximum atomic E-state index is 12.0. The predicted molar refractivity (Wildman–Crippen MR) is 70.4 cm³/mol. The van der Waals surface area contributed by atoms with Crippen LogP contribution in [0.5, 0.6) is 0 Å². The summed E-state index contributed by atoms with van der Waals surface area (Å²) >= 11 is 0. The molecule has 0 radical (unpaired) electrons. The van der Waals surface area contributed by atoms with Crippen molar-refractivity contribution in [2.45, 2.75) is 32.2 Å². The number of carbonyl (C=O) groups excluding carboxylic acids is 1. The number of hydrogen-bond acceptors (Lipinski definition) is 2. The smallest absolute Gasteiger partial charge is 0.239 e. The van der Waals surface area contributed by atoms with Gasteiger partial charge in [0.15, 0.2) is 0 Å². The molecule has 0 heterocycles. The lowest BCUT2D eigenvalue weighted by Gasteiger charge is -2.20. The fourth-order valence-corrected chi connectivity index (χ4v) is 2.27. The van der Waals surface area contributed by atoms with Crippen LogP contribution < -0.4 is 5.84 Å². The number of benzene rings is 1. The minimum absolute atomic E-state index is 0. The highest BCUT2D eigenvalue weighted by Gasteiger charge is 2.25. The normalized spacial score (nSPS) is 15.4. The van der Waals surface area contributed by atoms with Crippen LogP contribution in [0.2, 0.25) is 0 Å². The average molecular weight is 255 g/mol. The molecule has 1 aliphatic carbocycles. The molecule has 2 rings (SSSR count). The third-order valence-electron chi connectivity index (χ3n) is 3.18. The maximum Gasteiger partial charge on any atom is 0.239 e. The Bertz CT molecular complexity index is 350. The van der Waals surface area contributed by atoms with Gasteiger partial charge >= 0.3 is 0 Å². The third-order valence-corrected chi connectivity index (χ3v) is 3.18. The molecule has 1 aromatic rings. The van der Waals surface area contributed by atoms with E-state index in [0.717, 1.165) is 31.2 Å². The van der Waals surface area contributed by atoms with Crippen molar-refractivity contribution in [1.82, 2.24) is 5.01 Å². The van der Waals surface area contributed by atoms with Crippen LogP contribution in [-0.4, -0.2) is 10.9 Å². The number of nitrogens with zero attached hydrogens (tertiary/aromatic N) is 1. The van der Waals surface area contributed by atoms with Crippen molar-refractivity contribution in [3.63, 3.8) is 0 Å². The van der Waals surface area contributed by atoms with Crippen LogP contribution >= 0.6 is 12.4 Å². The molecule has 3 nitrogen and oxygen atoms in total. The summed E-state index contributed by atoms with van der Waals surface area (Å²) in [5.41, 5.74) is 1.08. The van der Waals surface area contributed by atoms with Crippen molar-refractivity contribution in [2.75, 3.05) is 0 Å². The lowest BCUT2D eigenvalue weighted by Crippen LogP contribution is -2.40. The van der Waals surface area contributed by atoms with Crippen molar-refractivity contribution in [2.24, 2.45) is 11.8 Å². The monoisotopic (exact) mass is 254 g/mol. The zero-order valence-electron chi connectivity index (χ0n) is 9.84. The summed E-state index contributed by atoms with van der Waals surface area (Å²) in [6.45, 7) is 0.510. The van der Waals surface area contributed by atoms with Gasteiger partial charge in [-0.1, -0.05) is 43.2 Å². The largest absolute Gasteiger partial charge is 0.276 e. The molecule has 0 aliphatic heterocycles. The van der Waals surface area contributed by atoms with Crippen LogP contribution in [0.15, 0.2) is 30.3 Å². The van der Waals surface area contributed by atoms with Crippen LogP contribution in [0.25, 0.3) is 0 Å². The Hall–Kier alpha value is -1.06. The van der Waals surface area contributed by atoms with E-state index in [1.54, 1.807) is 0 Å². The van der Waals surface area contributed by atoms with Gasteiger partial charge in [-0.25, -0.2) is 5.84 Å². The minimum atomic E-state index is 0. The van der Waals surface area contributed by atoms with Crippen molar-refractivity contribution < 1.29 is 4.79 Å². The van der Waals surface area contributed by atoms with Gasteiger partial charge in [0.05, 0.1) is 6.54 Å². The van der Waals surface area contributed by atoms with E-state index in [1.807, 2.05) is 30.3 Å². The second kappa shape index (κ2) is 6.62. The van der Waals surface area contributed by atoms with Crippen LogP contribution in [-0.2, 0) is 11.3 Å². The molecule has 1 saturated carbocycles. The predicted octanol–water partition coefficient (Wildman–Crippen LogP) is 2.50. The second-order valence-corrected chi connectivity index (χ2v) is 4.43. The summed E-state index contributed by atoms with van der Waals surface area (Å²) in [6.07, 6.45) is 4.33. The lowest BCUT2D eigenvalue weighted by molar-refractivity contribution is -0.136. The van der Waals surface area contributed by atoms with Crippen molar-refractivity contribution >= 4 is 18.3 Å².